The number of anilines is 1. The van der Waals surface area contributed by atoms with Crippen LogP contribution in [0.4, 0.5) is 5.69 Å². The van der Waals surface area contributed by atoms with Gasteiger partial charge in [-0.05, 0) is 37.3 Å². The molecular weight excluding hydrogens is 198 g/mol. The van der Waals surface area contributed by atoms with E-state index in [1.165, 1.54) is 24.1 Å². The van der Waals surface area contributed by atoms with Gasteiger partial charge in [0, 0.05) is 30.8 Å². The van der Waals surface area contributed by atoms with Crippen LogP contribution in [-0.2, 0) is 6.42 Å². The van der Waals surface area contributed by atoms with Crippen molar-refractivity contribution in [3.05, 3.63) is 29.3 Å². The number of hydrogen-bond acceptors (Lipinski definition) is 2. The highest BCUT2D eigenvalue weighted by Crippen LogP contribution is 2.32. The molecule has 0 spiro atoms. The Balaban J connectivity index is 2.07. The van der Waals surface area contributed by atoms with Gasteiger partial charge in [-0.25, -0.2) is 0 Å². The minimum absolute atomic E-state index is 0.351. The first kappa shape index (κ1) is 9.88. The van der Waals surface area contributed by atoms with Gasteiger partial charge in [0.2, 0.25) is 0 Å². The third-order valence-corrected chi connectivity index (χ3v) is 3.70. The monoisotopic (exact) mass is 215 g/mol. The molecule has 1 aliphatic carbocycles. The molecule has 0 atom stereocenters. The molecule has 2 aliphatic rings. The van der Waals surface area contributed by atoms with Crippen molar-refractivity contribution in [3.8, 4) is 0 Å². The first-order valence-corrected chi connectivity index (χ1v) is 6.26. The number of benzene rings is 1. The van der Waals surface area contributed by atoms with E-state index in [0.717, 1.165) is 37.9 Å². The number of aryl methyl sites for hydroxylation is 1. The lowest BCUT2D eigenvalue weighted by Crippen LogP contribution is -2.23. The van der Waals surface area contributed by atoms with Crippen molar-refractivity contribution in [2.75, 3.05) is 18.0 Å². The quantitative estimate of drug-likeness (QED) is 0.718. The van der Waals surface area contributed by atoms with Crippen molar-refractivity contribution >= 4 is 11.5 Å². The maximum atomic E-state index is 12.0. The largest absolute Gasteiger partial charge is 0.371 e. The number of Topliss-reactive ketones (excluding diaryl/α,β-unsaturated/α-hetero) is 1. The van der Waals surface area contributed by atoms with E-state index in [2.05, 4.69) is 23.1 Å². The number of nitrogens with zero attached hydrogens (tertiary/aromatic N) is 1. The van der Waals surface area contributed by atoms with Crippen LogP contribution >= 0.6 is 0 Å². The molecule has 0 amide bonds. The number of carbonyl (C=O) groups excluding carboxylic acids is 1. The van der Waals surface area contributed by atoms with Crippen molar-refractivity contribution < 1.29 is 4.79 Å². The molecule has 0 saturated carbocycles. The van der Waals surface area contributed by atoms with Gasteiger partial charge in [0.15, 0.2) is 5.78 Å². The molecule has 1 aliphatic heterocycles. The molecule has 2 nitrogen and oxygen atoms in total. The molecule has 0 aromatic heterocycles. The minimum Gasteiger partial charge on any atom is -0.371 e. The van der Waals surface area contributed by atoms with Gasteiger partial charge in [-0.15, -0.1) is 0 Å². The summed E-state index contributed by atoms with van der Waals surface area (Å²) in [6, 6.07) is 6.34. The Labute approximate surface area is 96.3 Å². The van der Waals surface area contributed by atoms with Crippen LogP contribution in [0.25, 0.3) is 0 Å². The molecule has 1 heterocycles. The van der Waals surface area contributed by atoms with Gasteiger partial charge in [0.1, 0.15) is 0 Å². The molecule has 1 aromatic carbocycles. The van der Waals surface area contributed by atoms with Crippen molar-refractivity contribution in [2.45, 2.75) is 32.1 Å². The Kier molecular flexibility index (Phi) is 2.43. The van der Waals surface area contributed by atoms with E-state index in [-0.39, 0.29) is 0 Å². The third kappa shape index (κ3) is 1.53. The van der Waals surface area contributed by atoms with E-state index in [9.17, 15) is 4.79 Å². The smallest absolute Gasteiger partial charge is 0.165 e. The average Bonchev–Trinajstić information content (AvgIpc) is 2.82. The van der Waals surface area contributed by atoms with Crippen LogP contribution in [-0.4, -0.2) is 18.9 Å². The fourth-order valence-corrected chi connectivity index (χ4v) is 2.90. The highest BCUT2D eigenvalue weighted by molar-refractivity contribution is 6.03. The molecule has 1 aromatic rings. The van der Waals surface area contributed by atoms with Crippen LogP contribution in [0.5, 0.6) is 0 Å². The maximum Gasteiger partial charge on any atom is 0.165 e. The number of hydrogen-bond donors (Lipinski definition) is 0. The summed E-state index contributed by atoms with van der Waals surface area (Å²) >= 11 is 0. The molecule has 0 radical (unpaired) electrons. The van der Waals surface area contributed by atoms with E-state index in [4.69, 9.17) is 0 Å². The lowest BCUT2D eigenvalue weighted by atomic mass is 9.89. The van der Waals surface area contributed by atoms with E-state index < -0.39 is 0 Å². The summed E-state index contributed by atoms with van der Waals surface area (Å²) in [5.74, 6) is 0.351. The van der Waals surface area contributed by atoms with Gasteiger partial charge >= 0.3 is 0 Å². The van der Waals surface area contributed by atoms with Crippen LogP contribution in [0.2, 0.25) is 0 Å². The van der Waals surface area contributed by atoms with Crippen molar-refractivity contribution in [2.24, 2.45) is 0 Å². The third-order valence-electron chi connectivity index (χ3n) is 3.70. The van der Waals surface area contributed by atoms with Gasteiger partial charge in [-0.2, -0.15) is 0 Å². The van der Waals surface area contributed by atoms with Crippen LogP contribution in [0, 0.1) is 0 Å². The lowest BCUT2D eigenvalue weighted by molar-refractivity contribution is 0.0973. The first-order chi connectivity index (χ1) is 7.86. The fraction of sp³-hybridized carbons (Fsp3) is 0.500. The molecule has 16 heavy (non-hydrogen) atoms. The second kappa shape index (κ2) is 3.93. The van der Waals surface area contributed by atoms with Crippen molar-refractivity contribution in [3.63, 3.8) is 0 Å². The Morgan fingerprint density at radius 3 is 2.62 bits per heavy atom. The van der Waals surface area contributed by atoms with Crippen LogP contribution in [0.15, 0.2) is 18.2 Å². The van der Waals surface area contributed by atoms with E-state index in [0.29, 0.717) is 5.78 Å². The second-order valence-electron chi connectivity index (χ2n) is 4.78. The van der Waals surface area contributed by atoms with E-state index >= 15 is 0 Å². The summed E-state index contributed by atoms with van der Waals surface area (Å²) in [7, 11) is 0. The molecule has 3 rings (SSSR count). The summed E-state index contributed by atoms with van der Waals surface area (Å²) in [6.07, 6.45) is 5.35. The highest BCUT2D eigenvalue weighted by Gasteiger charge is 2.24. The van der Waals surface area contributed by atoms with Crippen LogP contribution < -0.4 is 4.90 Å². The molecule has 1 saturated heterocycles. The Hall–Kier alpha value is -1.31. The van der Waals surface area contributed by atoms with Gasteiger partial charge in [0.05, 0.1) is 0 Å². The summed E-state index contributed by atoms with van der Waals surface area (Å²) in [5.41, 5.74) is 3.48. The van der Waals surface area contributed by atoms with Gasteiger partial charge in [0.25, 0.3) is 0 Å². The topological polar surface area (TPSA) is 20.3 Å². The zero-order chi connectivity index (χ0) is 11.0. The molecule has 0 N–H and O–H groups in total. The molecule has 0 unspecified atom stereocenters. The Morgan fingerprint density at radius 2 is 1.81 bits per heavy atom. The second-order valence-corrected chi connectivity index (χ2v) is 4.78. The van der Waals surface area contributed by atoms with Crippen LogP contribution in [0.3, 0.4) is 0 Å². The average molecular weight is 215 g/mol. The Bertz CT molecular complexity index is 419. The zero-order valence-corrected chi connectivity index (χ0v) is 9.54. The van der Waals surface area contributed by atoms with E-state index in [1.54, 1.807) is 0 Å². The summed E-state index contributed by atoms with van der Waals surface area (Å²) in [5, 5.41) is 0. The van der Waals surface area contributed by atoms with Crippen molar-refractivity contribution in [1.29, 1.82) is 0 Å². The molecule has 1 fully saturated rings. The molecule has 84 valence electrons. The molecule has 0 bridgehead atoms. The summed E-state index contributed by atoms with van der Waals surface area (Å²) < 4.78 is 0. The van der Waals surface area contributed by atoms with Gasteiger partial charge in [-0.3, -0.25) is 4.79 Å². The lowest BCUT2D eigenvalue weighted by Gasteiger charge is -2.25. The number of carbonyl (C=O) groups is 1. The molecule has 2 heteroatoms. The van der Waals surface area contributed by atoms with Crippen molar-refractivity contribution in [1.82, 2.24) is 0 Å². The maximum absolute atomic E-state index is 12.0. The predicted molar refractivity (Wildman–Crippen MR) is 65.2 cm³/mol. The first-order valence-electron chi connectivity index (χ1n) is 6.26. The summed E-state index contributed by atoms with van der Waals surface area (Å²) in [4.78, 5) is 14.4. The Morgan fingerprint density at radius 1 is 1.00 bits per heavy atom. The number of ketones is 1. The van der Waals surface area contributed by atoms with Crippen LogP contribution in [0.1, 0.15) is 41.6 Å². The minimum atomic E-state index is 0.351. The van der Waals surface area contributed by atoms with Gasteiger partial charge in [-0.1, -0.05) is 12.1 Å². The predicted octanol–water partition coefficient (Wildman–Crippen LogP) is 2.81. The SMILES string of the molecule is O=C1CCCc2cccc(N3CCCC3)c21. The number of fused-ring (bicyclic) bond motifs is 1. The molecular formula is C14H17NO. The van der Waals surface area contributed by atoms with E-state index in [1.807, 2.05) is 0 Å². The zero-order valence-electron chi connectivity index (χ0n) is 9.54. The van der Waals surface area contributed by atoms with Gasteiger partial charge < -0.3 is 4.90 Å². The number of rotatable bonds is 1. The standard InChI is InChI=1S/C14H17NO/c16-13-8-4-6-11-5-3-7-12(14(11)13)15-9-1-2-10-15/h3,5,7H,1-2,4,6,8-10H2. The normalized spacial score (nSPS) is 20.0. The fourth-order valence-electron chi connectivity index (χ4n) is 2.90. The highest BCUT2D eigenvalue weighted by atomic mass is 16.1. The summed E-state index contributed by atoms with van der Waals surface area (Å²) in [6.45, 7) is 2.23.